The van der Waals surface area contributed by atoms with Crippen LogP contribution in [0.4, 0.5) is 0 Å². The van der Waals surface area contributed by atoms with Crippen molar-refractivity contribution in [2.24, 2.45) is 0 Å². The van der Waals surface area contributed by atoms with Crippen molar-refractivity contribution in [3.8, 4) is 5.75 Å². The number of allylic oxidation sites excluding steroid dienone is 1. The lowest BCUT2D eigenvalue weighted by molar-refractivity contribution is -0.133. The van der Waals surface area contributed by atoms with Crippen molar-refractivity contribution >= 4 is 40.9 Å². The summed E-state index contributed by atoms with van der Waals surface area (Å²) in [7, 11) is 0. The van der Waals surface area contributed by atoms with E-state index in [0.29, 0.717) is 33.3 Å². The number of rotatable bonds is 8. The van der Waals surface area contributed by atoms with Crippen LogP contribution in [0.25, 0.3) is 0 Å². The molecule has 0 radical (unpaired) electrons. The van der Waals surface area contributed by atoms with Crippen LogP contribution >= 0.6 is 35.0 Å². The Morgan fingerprint density at radius 3 is 2.87 bits per heavy atom. The molecule has 2 aromatic rings. The van der Waals surface area contributed by atoms with Gasteiger partial charge in [-0.05, 0) is 18.2 Å². The van der Waals surface area contributed by atoms with E-state index in [0.717, 1.165) is 11.8 Å². The smallest absolute Gasteiger partial charge is 0.313 e. The number of aromatic nitrogens is 3. The Balaban J connectivity index is 2.12. The Kier molecular flexibility index (Phi) is 6.32. The van der Waals surface area contributed by atoms with Crippen molar-refractivity contribution in [2.45, 2.75) is 18.3 Å². The Morgan fingerprint density at radius 1 is 1.43 bits per heavy atom. The van der Waals surface area contributed by atoms with Gasteiger partial charge in [0.1, 0.15) is 12.4 Å². The zero-order chi connectivity index (χ0) is 16.8. The summed E-state index contributed by atoms with van der Waals surface area (Å²) in [6.07, 6.45) is 1.67. The van der Waals surface area contributed by atoms with Crippen LogP contribution in [0, 0.1) is 0 Å². The highest BCUT2D eigenvalue weighted by molar-refractivity contribution is 7.99. The molecule has 0 aliphatic rings. The summed E-state index contributed by atoms with van der Waals surface area (Å²) in [5.74, 6) is 0.000693. The molecule has 1 aromatic heterocycles. The maximum Gasteiger partial charge on any atom is 0.313 e. The Labute approximate surface area is 147 Å². The molecule has 0 spiro atoms. The van der Waals surface area contributed by atoms with Gasteiger partial charge in [0.25, 0.3) is 0 Å². The van der Waals surface area contributed by atoms with E-state index >= 15 is 0 Å². The lowest BCUT2D eigenvalue weighted by atomic mass is 10.3. The van der Waals surface area contributed by atoms with Gasteiger partial charge in [-0.15, -0.1) is 16.8 Å². The van der Waals surface area contributed by atoms with Crippen LogP contribution < -0.4 is 4.74 Å². The predicted octanol–water partition coefficient (Wildman–Crippen LogP) is 3.53. The topological polar surface area (TPSA) is 77.2 Å². The maximum atomic E-state index is 10.7. The number of aliphatic carboxylic acids is 1. The van der Waals surface area contributed by atoms with Crippen LogP contribution in [0.1, 0.15) is 5.82 Å². The Bertz CT molecular complexity index is 721. The van der Waals surface area contributed by atoms with Crippen molar-refractivity contribution < 1.29 is 14.6 Å². The van der Waals surface area contributed by atoms with Crippen molar-refractivity contribution in [3.63, 3.8) is 0 Å². The number of hydrogen-bond donors (Lipinski definition) is 1. The van der Waals surface area contributed by atoms with Gasteiger partial charge >= 0.3 is 5.97 Å². The number of carboxylic acids is 1. The van der Waals surface area contributed by atoms with Crippen LogP contribution in [0.2, 0.25) is 10.0 Å². The molecule has 0 unspecified atom stereocenters. The lowest BCUT2D eigenvalue weighted by Gasteiger charge is -2.10. The SMILES string of the molecule is C=CCn1c(COc2ccc(Cl)cc2Cl)nnc1SCC(=O)O. The molecule has 0 bridgehead atoms. The predicted molar refractivity (Wildman–Crippen MR) is 89.4 cm³/mol. The summed E-state index contributed by atoms with van der Waals surface area (Å²) in [6, 6.07) is 4.92. The minimum absolute atomic E-state index is 0.0981. The van der Waals surface area contributed by atoms with E-state index in [4.69, 9.17) is 33.0 Å². The molecule has 6 nitrogen and oxygen atoms in total. The summed E-state index contributed by atoms with van der Waals surface area (Å²) in [6.45, 7) is 4.26. The molecule has 9 heteroatoms. The standard InChI is InChI=1S/C14H13Cl2N3O3S/c1-2-5-19-12(17-18-14(19)23-8-13(20)21)7-22-11-4-3-9(15)6-10(11)16/h2-4,6H,1,5,7-8H2,(H,20,21). The van der Waals surface area contributed by atoms with Crippen LogP contribution in [0.15, 0.2) is 36.0 Å². The Hall–Kier alpha value is -1.70. The summed E-state index contributed by atoms with van der Waals surface area (Å²) >= 11 is 13.0. The number of hydrogen-bond acceptors (Lipinski definition) is 5. The molecular weight excluding hydrogens is 361 g/mol. The highest BCUT2D eigenvalue weighted by Crippen LogP contribution is 2.28. The fraction of sp³-hybridized carbons (Fsp3) is 0.214. The van der Waals surface area contributed by atoms with Gasteiger partial charge in [0.15, 0.2) is 11.0 Å². The van der Waals surface area contributed by atoms with Gasteiger partial charge in [-0.25, -0.2) is 0 Å². The fourth-order valence-corrected chi connectivity index (χ4v) is 2.86. The summed E-state index contributed by atoms with van der Waals surface area (Å²) in [5, 5.41) is 18.2. The van der Waals surface area contributed by atoms with Crippen LogP contribution in [-0.4, -0.2) is 31.6 Å². The highest BCUT2D eigenvalue weighted by Gasteiger charge is 2.14. The number of halogens is 2. The molecule has 0 amide bonds. The maximum absolute atomic E-state index is 10.7. The molecule has 0 fully saturated rings. The summed E-state index contributed by atoms with van der Waals surface area (Å²) in [4.78, 5) is 10.7. The minimum Gasteiger partial charge on any atom is -0.484 e. The molecule has 0 aliphatic heterocycles. The second-order valence-corrected chi connectivity index (χ2v) is 6.13. The van der Waals surface area contributed by atoms with E-state index in [1.807, 2.05) is 0 Å². The minimum atomic E-state index is -0.922. The van der Waals surface area contributed by atoms with Crippen LogP contribution in [-0.2, 0) is 17.9 Å². The number of thioether (sulfide) groups is 1. The third-order valence-corrected chi connectivity index (χ3v) is 4.16. The van der Waals surface area contributed by atoms with Crippen molar-refractivity contribution in [3.05, 3.63) is 46.7 Å². The first-order valence-corrected chi connectivity index (χ1v) is 8.21. The van der Waals surface area contributed by atoms with Crippen molar-refractivity contribution in [1.29, 1.82) is 0 Å². The van der Waals surface area contributed by atoms with Crippen molar-refractivity contribution in [2.75, 3.05) is 5.75 Å². The van der Waals surface area contributed by atoms with Gasteiger partial charge in [-0.1, -0.05) is 41.0 Å². The average Bonchev–Trinajstić information content (AvgIpc) is 2.87. The van der Waals surface area contributed by atoms with E-state index in [-0.39, 0.29) is 12.4 Å². The highest BCUT2D eigenvalue weighted by atomic mass is 35.5. The van der Waals surface area contributed by atoms with Gasteiger partial charge in [0.05, 0.1) is 10.8 Å². The Morgan fingerprint density at radius 2 is 2.22 bits per heavy atom. The quantitative estimate of drug-likeness (QED) is 0.563. The van der Waals surface area contributed by atoms with E-state index in [9.17, 15) is 4.79 Å². The molecule has 0 saturated carbocycles. The summed E-state index contributed by atoms with van der Waals surface area (Å²) in [5.41, 5.74) is 0. The number of ether oxygens (including phenoxy) is 1. The van der Waals surface area contributed by atoms with Crippen molar-refractivity contribution in [1.82, 2.24) is 14.8 Å². The zero-order valence-electron chi connectivity index (χ0n) is 11.9. The van der Waals surface area contributed by atoms with Gasteiger partial charge in [0.2, 0.25) is 0 Å². The number of benzene rings is 1. The largest absolute Gasteiger partial charge is 0.484 e. The molecule has 1 N–H and O–H groups in total. The molecular formula is C14H13Cl2N3O3S. The van der Waals surface area contributed by atoms with E-state index in [2.05, 4.69) is 16.8 Å². The monoisotopic (exact) mass is 373 g/mol. The average molecular weight is 374 g/mol. The molecule has 0 atom stereocenters. The number of nitrogens with zero attached hydrogens (tertiary/aromatic N) is 3. The number of carboxylic acid groups (broad SMARTS) is 1. The first-order valence-electron chi connectivity index (χ1n) is 6.46. The van der Waals surface area contributed by atoms with Gasteiger partial charge < -0.3 is 9.84 Å². The van der Waals surface area contributed by atoms with Gasteiger partial charge in [-0.3, -0.25) is 9.36 Å². The van der Waals surface area contributed by atoms with E-state index in [1.54, 1.807) is 28.8 Å². The first-order chi connectivity index (χ1) is 11.0. The van der Waals surface area contributed by atoms with Crippen LogP contribution in [0.3, 0.4) is 0 Å². The van der Waals surface area contributed by atoms with E-state index < -0.39 is 5.97 Å². The second-order valence-electron chi connectivity index (χ2n) is 4.34. The molecule has 1 aromatic carbocycles. The molecule has 23 heavy (non-hydrogen) atoms. The fourth-order valence-electron chi connectivity index (χ4n) is 1.71. The molecule has 0 aliphatic carbocycles. The lowest BCUT2D eigenvalue weighted by Crippen LogP contribution is -2.08. The van der Waals surface area contributed by atoms with Gasteiger partial charge in [-0.2, -0.15) is 0 Å². The zero-order valence-corrected chi connectivity index (χ0v) is 14.2. The molecule has 122 valence electrons. The molecule has 2 rings (SSSR count). The first kappa shape index (κ1) is 17.7. The normalized spacial score (nSPS) is 10.5. The van der Waals surface area contributed by atoms with Gasteiger partial charge in [0, 0.05) is 11.6 Å². The summed E-state index contributed by atoms with van der Waals surface area (Å²) < 4.78 is 7.37. The number of carbonyl (C=O) groups is 1. The third kappa shape index (κ3) is 4.89. The second kappa shape index (κ2) is 8.24. The molecule has 0 saturated heterocycles. The van der Waals surface area contributed by atoms with E-state index in [1.165, 1.54) is 0 Å². The molecule has 1 heterocycles. The third-order valence-electron chi connectivity index (χ3n) is 2.68. The van der Waals surface area contributed by atoms with Crippen LogP contribution in [0.5, 0.6) is 5.75 Å².